The Hall–Kier alpha value is -3.03. The van der Waals surface area contributed by atoms with Gasteiger partial charge in [0, 0.05) is 19.4 Å². The molecule has 2 aromatic rings. The van der Waals surface area contributed by atoms with E-state index in [4.69, 9.17) is 4.74 Å². The highest BCUT2D eigenvalue weighted by molar-refractivity contribution is 5.81. The number of hydrogen-bond donors (Lipinski definition) is 1. The molecule has 8 heteroatoms. The Morgan fingerprint density at radius 1 is 1.07 bits per heavy atom. The van der Waals surface area contributed by atoms with Gasteiger partial charge in [0.1, 0.15) is 12.6 Å². The van der Waals surface area contributed by atoms with Crippen LogP contribution in [0.3, 0.4) is 0 Å². The summed E-state index contributed by atoms with van der Waals surface area (Å²) in [5.74, 6) is -1.56. The number of carbonyl (C=O) groups is 2. The molecule has 0 aliphatic heterocycles. The number of rotatable bonds is 7. The van der Waals surface area contributed by atoms with Crippen LogP contribution in [0.5, 0.6) is 0 Å². The molecule has 0 spiro atoms. The van der Waals surface area contributed by atoms with Crippen LogP contribution in [0.4, 0.5) is 18.0 Å². The third-order valence-electron chi connectivity index (χ3n) is 5.31. The molecular formula is C22H22F3NO4. The molecule has 0 heterocycles. The van der Waals surface area contributed by atoms with Gasteiger partial charge in [-0.3, -0.25) is 4.90 Å². The van der Waals surface area contributed by atoms with Crippen molar-refractivity contribution in [2.45, 2.75) is 37.4 Å². The standard InChI is InChI=1S/C22H22F3NO4/c1-26(19(20(27)28)11-6-12-22(23,24)25)21(29)30-13-18-16-9-4-2-7-14(16)15-8-3-5-10-17(15)18/h2-5,7-10,18-19H,6,11-13H2,1H3,(H,27,28). The van der Waals surface area contributed by atoms with E-state index < -0.39 is 30.7 Å². The van der Waals surface area contributed by atoms with Gasteiger partial charge < -0.3 is 9.84 Å². The minimum Gasteiger partial charge on any atom is -0.480 e. The average Bonchev–Trinajstić information content (AvgIpc) is 3.02. The first kappa shape index (κ1) is 21.7. The van der Waals surface area contributed by atoms with E-state index in [9.17, 15) is 27.9 Å². The molecular weight excluding hydrogens is 399 g/mol. The number of ether oxygens (including phenoxy) is 1. The van der Waals surface area contributed by atoms with Crippen LogP contribution in [-0.4, -0.2) is 47.9 Å². The summed E-state index contributed by atoms with van der Waals surface area (Å²) in [7, 11) is 1.23. The Morgan fingerprint density at radius 2 is 1.60 bits per heavy atom. The molecule has 2 aromatic carbocycles. The highest BCUT2D eigenvalue weighted by atomic mass is 19.4. The molecule has 3 rings (SSSR count). The van der Waals surface area contributed by atoms with Crippen molar-refractivity contribution >= 4 is 12.1 Å². The van der Waals surface area contributed by atoms with Crippen LogP contribution in [0.25, 0.3) is 11.1 Å². The smallest absolute Gasteiger partial charge is 0.410 e. The van der Waals surface area contributed by atoms with E-state index in [-0.39, 0.29) is 25.4 Å². The second-order valence-electron chi connectivity index (χ2n) is 7.28. The number of likely N-dealkylation sites (N-methyl/N-ethyl adjacent to an activating group) is 1. The summed E-state index contributed by atoms with van der Waals surface area (Å²) >= 11 is 0. The maximum Gasteiger partial charge on any atom is 0.410 e. The predicted octanol–water partition coefficient (Wildman–Crippen LogP) is 5.05. The molecule has 0 fully saturated rings. The molecule has 1 aliphatic rings. The van der Waals surface area contributed by atoms with Crippen molar-refractivity contribution in [3.63, 3.8) is 0 Å². The first-order valence-electron chi connectivity index (χ1n) is 9.56. The number of carboxylic acid groups (broad SMARTS) is 1. The quantitative estimate of drug-likeness (QED) is 0.679. The summed E-state index contributed by atoms with van der Waals surface area (Å²) in [6.45, 7) is 0.00604. The van der Waals surface area contributed by atoms with E-state index in [0.717, 1.165) is 27.2 Å². The molecule has 1 N–H and O–H groups in total. The number of fused-ring (bicyclic) bond motifs is 3. The number of aliphatic carboxylic acids is 1. The monoisotopic (exact) mass is 421 g/mol. The van der Waals surface area contributed by atoms with E-state index in [1.54, 1.807) is 0 Å². The summed E-state index contributed by atoms with van der Waals surface area (Å²) in [6, 6.07) is 14.1. The van der Waals surface area contributed by atoms with Crippen molar-refractivity contribution in [3.05, 3.63) is 59.7 Å². The van der Waals surface area contributed by atoms with Crippen molar-refractivity contribution in [1.82, 2.24) is 4.90 Å². The molecule has 1 aliphatic carbocycles. The van der Waals surface area contributed by atoms with Gasteiger partial charge in [0.25, 0.3) is 0 Å². The third-order valence-corrected chi connectivity index (χ3v) is 5.31. The van der Waals surface area contributed by atoms with Gasteiger partial charge in [0.15, 0.2) is 0 Å². The second kappa shape index (κ2) is 8.77. The fourth-order valence-electron chi connectivity index (χ4n) is 3.80. The van der Waals surface area contributed by atoms with Crippen LogP contribution < -0.4 is 0 Å². The SMILES string of the molecule is CN(C(=O)OCC1c2ccccc2-c2ccccc21)C(CCCC(F)(F)F)C(=O)O. The summed E-state index contributed by atoms with van der Waals surface area (Å²) in [4.78, 5) is 24.8. The third kappa shape index (κ3) is 4.75. The fraction of sp³-hybridized carbons (Fsp3) is 0.364. The predicted molar refractivity (Wildman–Crippen MR) is 104 cm³/mol. The number of benzene rings is 2. The highest BCUT2D eigenvalue weighted by Crippen LogP contribution is 2.44. The van der Waals surface area contributed by atoms with Gasteiger partial charge in [0.05, 0.1) is 0 Å². The maximum absolute atomic E-state index is 12.4. The van der Waals surface area contributed by atoms with Crippen LogP contribution >= 0.6 is 0 Å². The van der Waals surface area contributed by atoms with E-state index >= 15 is 0 Å². The molecule has 0 radical (unpaired) electrons. The number of carbonyl (C=O) groups excluding carboxylic acids is 1. The van der Waals surface area contributed by atoms with Crippen molar-refractivity contribution in [3.8, 4) is 11.1 Å². The zero-order chi connectivity index (χ0) is 21.9. The molecule has 1 amide bonds. The van der Waals surface area contributed by atoms with Crippen LogP contribution in [-0.2, 0) is 9.53 Å². The van der Waals surface area contributed by atoms with Crippen molar-refractivity contribution in [1.29, 1.82) is 0 Å². The minimum atomic E-state index is -4.37. The summed E-state index contributed by atoms with van der Waals surface area (Å²) < 4.78 is 42.4. The number of alkyl halides is 3. The lowest BCUT2D eigenvalue weighted by atomic mass is 9.98. The van der Waals surface area contributed by atoms with Crippen LogP contribution in [0, 0.1) is 0 Å². The first-order chi connectivity index (χ1) is 14.2. The van der Waals surface area contributed by atoms with Gasteiger partial charge in [-0.15, -0.1) is 0 Å². The van der Waals surface area contributed by atoms with Crippen LogP contribution in [0.15, 0.2) is 48.5 Å². The zero-order valence-electron chi connectivity index (χ0n) is 16.4. The summed E-state index contributed by atoms with van der Waals surface area (Å²) in [6.07, 6.45) is -7.05. The summed E-state index contributed by atoms with van der Waals surface area (Å²) in [5.41, 5.74) is 4.12. The topological polar surface area (TPSA) is 66.8 Å². The van der Waals surface area contributed by atoms with Crippen molar-refractivity contribution in [2.75, 3.05) is 13.7 Å². The van der Waals surface area contributed by atoms with Crippen molar-refractivity contribution < 1.29 is 32.6 Å². The lowest BCUT2D eigenvalue weighted by Crippen LogP contribution is -2.43. The molecule has 30 heavy (non-hydrogen) atoms. The van der Waals surface area contributed by atoms with E-state index in [2.05, 4.69) is 0 Å². The Balaban J connectivity index is 1.66. The number of carboxylic acids is 1. The summed E-state index contributed by atoms with van der Waals surface area (Å²) in [5, 5.41) is 9.33. The van der Waals surface area contributed by atoms with Crippen molar-refractivity contribution in [2.24, 2.45) is 0 Å². The van der Waals surface area contributed by atoms with Crippen LogP contribution in [0.2, 0.25) is 0 Å². The zero-order valence-corrected chi connectivity index (χ0v) is 16.4. The molecule has 0 saturated heterocycles. The first-order valence-corrected chi connectivity index (χ1v) is 9.56. The van der Waals surface area contributed by atoms with Crippen LogP contribution in [0.1, 0.15) is 36.3 Å². The number of nitrogens with zero attached hydrogens (tertiary/aromatic N) is 1. The van der Waals surface area contributed by atoms with E-state index in [0.29, 0.717) is 0 Å². The van der Waals surface area contributed by atoms with E-state index in [1.807, 2.05) is 48.5 Å². The molecule has 1 atom stereocenters. The molecule has 160 valence electrons. The molecule has 0 aromatic heterocycles. The lowest BCUT2D eigenvalue weighted by Gasteiger charge is -2.25. The highest BCUT2D eigenvalue weighted by Gasteiger charge is 2.33. The molecule has 5 nitrogen and oxygen atoms in total. The molecule has 1 unspecified atom stereocenters. The number of halogens is 3. The Labute approximate surface area is 172 Å². The van der Waals surface area contributed by atoms with Gasteiger partial charge in [0.2, 0.25) is 0 Å². The molecule has 0 saturated carbocycles. The molecule has 0 bridgehead atoms. The second-order valence-corrected chi connectivity index (χ2v) is 7.28. The Bertz CT molecular complexity index is 883. The van der Waals surface area contributed by atoms with Gasteiger partial charge >= 0.3 is 18.2 Å². The normalized spacial score (nSPS) is 14.0. The van der Waals surface area contributed by atoms with Gasteiger partial charge in [-0.05, 0) is 35.1 Å². The fourth-order valence-corrected chi connectivity index (χ4v) is 3.80. The lowest BCUT2D eigenvalue weighted by molar-refractivity contribution is -0.145. The largest absolute Gasteiger partial charge is 0.480 e. The average molecular weight is 421 g/mol. The van der Waals surface area contributed by atoms with Gasteiger partial charge in [-0.2, -0.15) is 13.2 Å². The minimum absolute atomic E-state index is 0.00604. The van der Waals surface area contributed by atoms with Gasteiger partial charge in [-0.25, -0.2) is 9.59 Å². The maximum atomic E-state index is 12.4. The number of hydrogen-bond acceptors (Lipinski definition) is 3. The van der Waals surface area contributed by atoms with Gasteiger partial charge in [-0.1, -0.05) is 48.5 Å². The Morgan fingerprint density at radius 3 is 2.10 bits per heavy atom. The van der Waals surface area contributed by atoms with E-state index in [1.165, 1.54) is 7.05 Å². The Kier molecular flexibility index (Phi) is 6.34. The number of amides is 1.